The molecule has 0 amide bonds. The van der Waals surface area contributed by atoms with Crippen LogP contribution in [0.15, 0.2) is 21.7 Å². The maximum absolute atomic E-state index is 11.0. The van der Waals surface area contributed by atoms with Crippen LogP contribution in [0.5, 0.6) is 0 Å². The molecule has 0 radical (unpaired) electrons. The van der Waals surface area contributed by atoms with E-state index in [1.807, 2.05) is 0 Å². The van der Waals surface area contributed by atoms with E-state index in [1.165, 1.54) is 0 Å². The number of aldehydes is 1. The summed E-state index contributed by atoms with van der Waals surface area (Å²) in [6.07, 6.45) is 2.67. The Morgan fingerprint density at radius 1 is 1.64 bits per heavy atom. The van der Waals surface area contributed by atoms with Crippen molar-refractivity contribution < 1.29 is 9.59 Å². The molecular weight excluding hydrogens is 208 g/mol. The third kappa shape index (κ3) is 1.66. The van der Waals surface area contributed by atoms with Gasteiger partial charge in [-0.05, 0) is 18.6 Å². The Hall–Kier alpha value is -0.700. The molecule has 0 N–H and O–H groups in total. The fourth-order valence-corrected chi connectivity index (χ4v) is 1.34. The predicted octanol–water partition coefficient (Wildman–Crippen LogP) is 1.75. The van der Waals surface area contributed by atoms with Gasteiger partial charge in [-0.3, -0.25) is 9.59 Å². The molecule has 11 heavy (non-hydrogen) atoms. The minimum Gasteiger partial charge on any atom is -0.298 e. The van der Waals surface area contributed by atoms with Crippen LogP contribution in [0.4, 0.5) is 0 Å². The number of carbonyl (C=O) groups is 2. The zero-order chi connectivity index (χ0) is 8.43. The molecule has 0 atom stereocenters. The van der Waals surface area contributed by atoms with Crippen molar-refractivity contribution in [2.75, 3.05) is 0 Å². The monoisotopic (exact) mass is 214 g/mol. The third-order valence-electron chi connectivity index (χ3n) is 1.57. The van der Waals surface area contributed by atoms with Gasteiger partial charge in [-0.25, -0.2) is 0 Å². The molecule has 0 saturated carbocycles. The Morgan fingerprint density at radius 2 is 2.27 bits per heavy atom. The number of halogens is 1. The minimum absolute atomic E-state index is 0.0717. The third-order valence-corrected chi connectivity index (χ3v) is 2.31. The van der Waals surface area contributed by atoms with E-state index in [-0.39, 0.29) is 5.78 Å². The maximum atomic E-state index is 11.0. The van der Waals surface area contributed by atoms with Gasteiger partial charge in [0.15, 0.2) is 12.1 Å². The molecule has 3 heteroatoms. The number of carbonyl (C=O) groups excluding carboxylic acids is 2. The number of ketones is 1. The molecule has 0 aliphatic heterocycles. The Kier molecular flexibility index (Phi) is 2.39. The van der Waals surface area contributed by atoms with E-state index in [4.69, 9.17) is 0 Å². The Labute approximate surface area is 73.1 Å². The standard InChI is InChI=1S/C8H7BrO2/c1-5-2-6(4-10)7(9)3-8(5)11/h2,4H,3H2,1H3. The summed E-state index contributed by atoms with van der Waals surface area (Å²) >= 11 is 3.17. The lowest BCUT2D eigenvalue weighted by Crippen LogP contribution is -2.06. The highest BCUT2D eigenvalue weighted by molar-refractivity contribution is 9.11. The molecule has 2 nitrogen and oxygen atoms in total. The fraction of sp³-hybridized carbons (Fsp3) is 0.250. The van der Waals surface area contributed by atoms with Crippen molar-refractivity contribution in [1.82, 2.24) is 0 Å². The highest BCUT2D eigenvalue weighted by Gasteiger charge is 2.15. The van der Waals surface area contributed by atoms with Gasteiger partial charge in [0.1, 0.15) is 0 Å². The summed E-state index contributed by atoms with van der Waals surface area (Å²) < 4.78 is 0.683. The van der Waals surface area contributed by atoms with Crippen molar-refractivity contribution in [3.05, 3.63) is 21.7 Å². The van der Waals surface area contributed by atoms with Gasteiger partial charge in [0.05, 0.1) is 0 Å². The summed E-state index contributed by atoms with van der Waals surface area (Å²) in [4.78, 5) is 21.4. The van der Waals surface area contributed by atoms with Crippen molar-refractivity contribution in [2.45, 2.75) is 13.3 Å². The number of rotatable bonds is 1. The van der Waals surface area contributed by atoms with Gasteiger partial charge in [-0.1, -0.05) is 15.9 Å². The second kappa shape index (κ2) is 3.13. The van der Waals surface area contributed by atoms with Crippen LogP contribution in [-0.2, 0) is 9.59 Å². The first kappa shape index (κ1) is 8.40. The minimum atomic E-state index is 0.0717. The summed E-state index contributed by atoms with van der Waals surface area (Å²) in [6.45, 7) is 1.71. The molecule has 0 saturated heterocycles. The Balaban J connectivity index is 3.05. The van der Waals surface area contributed by atoms with E-state index in [2.05, 4.69) is 15.9 Å². The fourth-order valence-electron chi connectivity index (χ4n) is 0.872. The van der Waals surface area contributed by atoms with E-state index in [1.54, 1.807) is 13.0 Å². The zero-order valence-electron chi connectivity index (χ0n) is 6.06. The summed E-state index contributed by atoms with van der Waals surface area (Å²) in [6, 6.07) is 0. The normalized spacial score (nSPS) is 18.4. The first-order valence-corrected chi connectivity index (χ1v) is 3.99. The summed E-state index contributed by atoms with van der Waals surface area (Å²) in [5.74, 6) is 0.0717. The van der Waals surface area contributed by atoms with Crippen LogP contribution < -0.4 is 0 Å². The lowest BCUT2D eigenvalue weighted by molar-refractivity contribution is -0.114. The first-order chi connectivity index (χ1) is 5.15. The van der Waals surface area contributed by atoms with Crippen LogP contribution in [-0.4, -0.2) is 12.1 Å². The quantitative estimate of drug-likeness (QED) is 0.624. The molecule has 0 aromatic rings. The van der Waals surface area contributed by atoms with Crippen LogP contribution >= 0.6 is 15.9 Å². The molecule has 0 unspecified atom stereocenters. The van der Waals surface area contributed by atoms with Crippen molar-refractivity contribution >= 4 is 28.0 Å². The topological polar surface area (TPSA) is 34.1 Å². The van der Waals surface area contributed by atoms with Gasteiger partial charge in [0.2, 0.25) is 0 Å². The first-order valence-electron chi connectivity index (χ1n) is 3.20. The highest BCUT2D eigenvalue weighted by atomic mass is 79.9. The largest absolute Gasteiger partial charge is 0.298 e. The average Bonchev–Trinajstić information content (AvgIpc) is 1.97. The summed E-state index contributed by atoms with van der Waals surface area (Å²) in [5.41, 5.74) is 1.22. The van der Waals surface area contributed by atoms with Gasteiger partial charge in [-0.15, -0.1) is 0 Å². The molecule has 0 spiro atoms. The number of allylic oxidation sites excluding steroid dienone is 4. The van der Waals surface area contributed by atoms with Crippen LogP contribution in [0.3, 0.4) is 0 Å². The van der Waals surface area contributed by atoms with Crippen molar-refractivity contribution in [3.63, 3.8) is 0 Å². The highest BCUT2D eigenvalue weighted by Crippen LogP contribution is 2.24. The van der Waals surface area contributed by atoms with Gasteiger partial charge in [-0.2, -0.15) is 0 Å². The number of hydrogen-bond acceptors (Lipinski definition) is 2. The van der Waals surface area contributed by atoms with Crippen LogP contribution in [0, 0.1) is 0 Å². The molecular formula is C8H7BrO2. The van der Waals surface area contributed by atoms with Crippen LogP contribution in [0.1, 0.15) is 13.3 Å². The average molecular weight is 215 g/mol. The molecule has 0 aromatic heterocycles. The smallest absolute Gasteiger partial charge is 0.163 e. The second-order valence-electron chi connectivity index (χ2n) is 2.41. The molecule has 1 aliphatic carbocycles. The van der Waals surface area contributed by atoms with Gasteiger partial charge >= 0.3 is 0 Å². The predicted molar refractivity (Wildman–Crippen MR) is 45.4 cm³/mol. The molecule has 58 valence electrons. The zero-order valence-corrected chi connectivity index (χ0v) is 7.64. The summed E-state index contributed by atoms with van der Waals surface area (Å²) in [5, 5.41) is 0. The molecule has 0 fully saturated rings. The summed E-state index contributed by atoms with van der Waals surface area (Å²) in [7, 11) is 0. The van der Waals surface area contributed by atoms with E-state index < -0.39 is 0 Å². The van der Waals surface area contributed by atoms with E-state index >= 15 is 0 Å². The molecule has 1 aliphatic rings. The lowest BCUT2D eigenvalue weighted by Gasteiger charge is -2.08. The van der Waals surface area contributed by atoms with Gasteiger partial charge in [0, 0.05) is 16.5 Å². The van der Waals surface area contributed by atoms with Gasteiger partial charge < -0.3 is 0 Å². The van der Waals surface area contributed by atoms with Crippen LogP contribution in [0.25, 0.3) is 0 Å². The Bertz CT molecular complexity index is 274. The van der Waals surface area contributed by atoms with Crippen molar-refractivity contribution in [1.29, 1.82) is 0 Å². The molecule has 0 aromatic carbocycles. The number of Topliss-reactive ketones (excluding diaryl/α,β-unsaturated/α-hetero) is 1. The molecule has 0 heterocycles. The van der Waals surface area contributed by atoms with Crippen molar-refractivity contribution in [3.8, 4) is 0 Å². The van der Waals surface area contributed by atoms with Crippen molar-refractivity contribution in [2.24, 2.45) is 0 Å². The van der Waals surface area contributed by atoms with E-state index in [0.717, 1.165) is 6.29 Å². The SMILES string of the molecule is CC1=CC(C=O)=C(Br)CC1=O. The van der Waals surface area contributed by atoms with Gasteiger partial charge in [0.25, 0.3) is 0 Å². The second-order valence-corrected chi connectivity index (χ2v) is 3.36. The number of hydrogen-bond donors (Lipinski definition) is 0. The lowest BCUT2D eigenvalue weighted by atomic mass is 10.0. The maximum Gasteiger partial charge on any atom is 0.163 e. The van der Waals surface area contributed by atoms with E-state index in [0.29, 0.717) is 22.0 Å². The van der Waals surface area contributed by atoms with Crippen LogP contribution in [0.2, 0.25) is 0 Å². The Morgan fingerprint density at radius 3 is 2.82 bits per heavy atom. The molecule has 0 bridgehead atoms. The molecule has 1 rings (SSSR count). The van der Waals surface area contributed by atoms with E-state index in [9.17, 15) is 9.59 Å².